The van der Waals surface area contributed by atoms with E-state index < -0.39 is 0 Å². The lowest BCUT2D eigenvalue weighted by Gasteiger charge is -2.16. The number of ether oxygens (including phenoxy) is 1. The molecule has 3 aromatic rings. The first-order chi connectivity index (χ1) is 12.3. The Morgan fingerprint density at radius 2 is 1.56 bits per heavy atom. The third-order valence-corrected chi connectivity index (χ3v) is 4.47. The number of methoxy groups -OCH3 is 1. The third kappa shape index (κ3) is 3.32. The van der Waals surface area contributed by atoms with E-state index in [4.69, 9.17) is 14.6 Å². The zero-order chi connectivity index (χ0) is 17.6. The van der Waals surface area contributed by atoms with Crippen molar-refractivity contribution in [2.24, 2.45) is 0 Å². The second kappa shape index (κ2) is 7.77. The van der Waals surface area contributed by atoms with Crippen LogP contribution in [0.5, 0.6) is 0 Å². The van der Waals surface area contributed by atoms with Gasteiger partial charge in [-0.2, -0.15) is 0 Å². The summed E-state index contributed by atoms with van der Waals surface area (Å²) in [5.74, 6) is 0. The molecule has 4 rings (SSSR count). The van der Waals surface area contributed by atoms with Crippen molar-refractivity contribution in [2.75, 3.05) is 7.11 Å². The van der Waals surface area contributed by atoms with Crippen LogP contribution in [0.15, 0.2) is 72.8 Å². The van der Waals surface area contributed by atoms with Crippen molar-refractivity contribution in [1.29, 1.82) is 0 Å². The Morgan fingerprint density at radius 3 is 2.28 bits per heavy atom. The molecule has 0 spiro atoms. The molecule has 3 nitrogen and oxygen atoms in total. The highest BCUT2D eigenvalue weighted by atomic mass is 16.5. The number of hydrogen-bond donors (Lipinski definition) is 1. The summed E-state index contributed by atoms with van der Waals surface area (Å²) in [5, 5.41) is 6.89. The highest BCUT2D eigenvalue weighted by molar-refractivity contribution is 5.79. The van der Waals surface area contributed by atoms with Crippen LogP contribution in [0, 0.1) is 0 Å². The fourth-order valence-corrected chi connectivity index (χ4v) is 3.50. The molecule has 1 N–H and O–H groups in total. The summed E-state index contributed by atoms with van der Waals surface area (Å²) in [6.07, 6.45) is 0.990. The van der Waals surface area contributed by atoms with E-state index in [9.17, 15) is 0 Å². The predicted molar refractivity (Wildman–Crippen MR) is 98.7 cm³/mol. The van der Waals surface area contributed by atoms with Gasteiger partial charge in [-0.05, 0) is 39.8 Å². The van der Waals surface area contributed by atoms with Crippen LogP contribution in [0.2, 0.25) is 0 Å². The van der Waals surface area contributed by atoms with Crippen molar-refractivity contribution in [1.82, 2.24) is 0 Å². The molecule has 1 aliphatic carbocycles. The molecule has 25 heavy (non-hydrogen) atoms. The highest BCUT2D eigenvalue weighted by Crippen LogP contribution is 2.46. The molecule has 0 fully saturated rings. The maximum atomic E-state index is 8.36. The topological polar surface area (TPSA) is 46.5 Å². The van der Waals surface area contributed by atoms with Crippen molar-refractivity contribution < 1.29 is 14.6 Å². The molecule has 0 saturated heterocycles. The minimum atomic E-state index is -0.250. The van der Waals surface area contributed by atoms with Crippen LogP contribution in [0.1, 0.15) is 28.4 Å². The number of carboxylic acid groups (broad SMARTS) is 1. The van der Waals surface area contributed by atoms with Crippen LogP contribution in [0.25, 0.3) is 11.1 Å². The Morgan fingerprint density at radius 1 is 0.920 bits per heavy atom. The van der Waals surface area contributed by atoms with E-state index in [1.165, 1.54) is 33.4 Å². The summed E-state index contributed by atoms with van der Waals surface area (Å²) >= 11 is 0. The van der Waals surface area contributed by atoms with E-state index in [-0.39, 0.29) is 12.6 Å². The average molecular weight is 332 g/mol. The number of fused-ring (bicyclic) bond motifs is 3. The molecule has 126 valence electrons. The van der Waals surface area contributed by atoms with Crippen molar-refractivity contribution in [3.05, 3.63) is 95.1 Å². The van der Waals surface area contributed by atoms with E-state index in [1.807, 2.05) is 0 Å². The molecule has 3 aromatic carbocycles. The minimum absolute atomic E-state index is 0.0473. The number of carbonyl (C=O) groups is 1. The van der Waals surface area contributed by atoms with Gasteiger partial charge in [0, 0.05) is 7.11 Å². The molecular weight excluding hydrogens is 312 g/mol. The lowest BCUT2D eigenvalue weighted by Crippen LogP contribution is -2.03. The van der Waals surface area contributed by atoms with Crippen LogP contribution in [-0.2, 0) is 16.0 Å². The van der Waals surface area contributed by atoms with E-state index in [0.29, 0.717) is 0 Å². The van der Waals surface area contributed by atoms with Crippen LogP contribution in [0.3, 0.4) is 0 Å². The Bertz CT molecular complexity index is 856. The first-order valence-electron chi connectivity index (χ1n) is 8.15. The van der Waals surface area contributed by atoms with E-state index in [1.54, 1.807) is 7.11 Å². The van der Waals surface area contributed by atoms with E-state index in [2.05, 4.69) is 72.8 Å². The zero-order valence-corrected chi connectivity index (χ0v) is 14.1. The zero-order valence-electron chi connectivity index (χ0n) is 14.1. The largest absolute Gasteiger partial charge is 0.483 e. The molecule has 0 heterocycles. The van der Waals surface area contributed by atoms with Crippen molar-refractivity contribution >= 4 is 6.47 Å². The fraction of sp³-hybridized carbons (Fsp3) is 0.136. The molecule has 0 radical (unpaired) electrons. The summed E-state index contributed by atoms with van der Waals surface area (Å²) in [6, 6.07) is 25.8. The van der Waals surface area contributed by atoms with Crippen LogP contribution in [0.4, 0.5) is 0 Å². The maximum absolute atomic E-state index is 8.36. The lowest BCUT2D eigenvalue weighted by molar-refractivity contribution is -0.122. The molecule has 3 heteroatoms. The summed E-state index contributed by atoms with van der Waals surface area (Å²) in [7, 11) is 1.80. The Hall–Kier alpha value is -2.91. The smallest absolute Gasteiger partial charge is 0.290 e. The lowest BCUT2D eigenvalue weighted by atomic mass is 9.95. The fourth-order valence-electron chi connectivity index (χ4n) is 3.50. The quantitative estimate of drug-likeness (QED) is 0.708. The van der Waals surface area contributed by atoms with Crippen LogP contribution in [-0.4, -0.2) is 18.7 Å². The Balaban J connectivity index is 0.000000569. The molecular formula is C22H20O3. The van der Waals surface area contributed by atoms with Crippen molar-refractivity contribution in [3.63, 3.8) is 0 Å². The number of benzene rings is 3. The van der Waals surface area contributed by atoms with Gasteiger partial charge in [-0.25, -0.2) is 0 Å². The second-order valence-corrected chi connectivity index (χ2v) is 5.85. The summed E-state index contributed by atoms with van der Waals surface area (Å²) in [4.78, 5) is 8.36. The first-order valence-corrected chi connectivity index (χ1v) is 8.15. The molecule has 1 aliphatic rings. The molecule has 1 atom stereocenters. The van der Waals surface area contributed by atoms with Gasteiger partial charge in [0.15, 0.2) is 0 Å². The molecule has 1 unspecified atom stereocenters. The van der Waals surface area contributed by atoms with Crippen LogP contribution >= 0.6 is 0 Å². The van der Waals surface area contributed by atoms with Gasteiger partial charge < -0.3 is 9.84 Å². The van der Waals surface area contributed by atoms with E-state index in [0.717, 1.165) is 6.42 Å². The van der Waals surface area contributed by atoms with Gasteiger partial charge in [-0.1, -0.05) is 72.8 Å². The van der Waals surface area contributed by atoms with Gasteiger partial charge in [0.2, 0.25) is 0 Å². The van der Waals surface area contributed by atoms with Gasteiger partial charge >= 0.3 is 0 Å². The van der Waals surface area contributed by atoms with Gasteiger partial charge in [-0.3, -0.25) is 4.79 Å². The number of rotatable bonds is 3. The molecule has 0 aliphatic heterocycles. The van der Waals surface area contributed by atoms with Crippen molar-refractivity contribution in [3.8, 4) is 11.1 Å². The third-order valence-electron chi connectivity index (χ3n) is 4.47. The Labute approximate surface area is 147 Å². The SMILES string of the molecule is COC1c2ccccc2-c2cccc(Cc3ccccc3)c21.O=CO. The first kappa shape index (κ1) is 16.9. The summed E-state index contributed by atoms with van der Waals surface area (Å²) in [6.45, 7) is -0.250. The highest BCUT2D eigenvalue weighted by Gasteiger charge is 2.30. The standard InChI is InChI=1S/C21H18O.CH2O2/c1-22-21-19-12-6-5-11-17(19)18-13-7-10-16(20(18)21)14-15-8-3-2-4-9-15;2-1-3/h2-13,21H,14H2,1H3;1H,(H,2,3). The van der Waals surface area contributed by atoms with Gasteiger partial charge in [0.25, 0.3) is 6.47 Å². The number of hydrogen-bond acceptors (Lipinski definition) is 2. The molecule has 0 amide bonds. The molecule has 0 aromatic heterocycles. The van der Waals surface area contributed by atoms with Crippen LogP contribution < -0.4 is 0 Å². The summed E-state index contributed by atoms with van der Waals surface area (Å²) in [5.41, 5.74) is 7.92. The van der Waals surface area contributed by atoms with Gasteiger partial charge in [-0.15, -0.1) is 0 Å². The van der Waals surface area contributed by atoms with Gasteiger partial charge in [0.05, 0.1) is 0 Å². The second-order valence-electron chi connectivity index (χ2n) is 5.85. The van der Waals surface area contributed by atoms with Gasteiger partial charge in [0.1, 0.15) is 6.10 Å². The predicted octanol–water partition coefficient (Wildman–Crippen LogP) is 4.69. The van der Waals surface area contributed by atoms with E-state index >= 15 is 0 Å². The molecule has 0 bridgehead atoms. The van der Waals surface area contributed by atoms with Crippen molar-refractivity contribution in [2.45, 2.75) is 12.5 Å². The summed E-state index contributed by atoms with van der Waals surface area (Å²) < 4.78 is 5.84. The minimum Gasteiger partial charge on any atom is -0.483 e. The Kier molecular flexibility index (Phi) is 5.26. The monoisotopic (exact) mass is 332 g/mol. The molecule has 0 saturated carbocycles. The maximum Gasteiger partial charge on any atom is 0.290 e. The average Bonchev–Trinajstić information content (AvgIpc) is 2.98. The normalized spacial score (nSPS) is 14.0.